The zero-order chi connectivity index (χ0) is 17.4. The largest absolute Gasteiger partial charge is 0.371 e. The van der Waals surface area contributed by atoms with Crippen LogP contribution in [0, 0.1) is 6.92 Å². The number of nitrogens with zero attached hydrogens (tertiary/aromatic N) is 3. The highest BCUT2D eigenvalue weighted by atomic mass is 127. The Kier molecular flexibility index (Phi) is 9.43. The Bertz CT molecular complexity index is 675. The Morgan fingerprint density at radius 2 is 2.08 bits per heavy atom. The Morgan fingerprint density at radius 1 is 1.32 bits per heavy atom. The normalized spacial score (nSPS) is 12.4. The smallest absolute Gasteiger partial charge is 0.246 e. The summed E-state index contributed by atoms with van der Waals surface area (Å²) >= 11 is 0. The van der Waals surface area contributed by atoms with Gasteiger partial charge in [0.25, 0.3) is 0 Å². The lowest BCUT2D eigenvalue weighted by Crippen LogP contribution is -2.36. The van der Waals surface area contributed by atoms with E-state index >= 15 is 0 Å². The van der Waals surface area contributed by atoms with E-state index in [1.807, 2.05) is 19.9 Å². The fourth-order valence-corrected chi connectivity index (χ4v) is 2.22. The van der Waals surface area contributed by atoms with Gasteiger partial charge in [-0.3, -0.25) is 4.99 Å². The Labute approximate surface area is 165 Å². The molecule has 1 aromatic carbocycles. The van der Waals surface area contributed by atoms with Gasteiger partial charge in [-0.1, -0.05) is 35.0 Å². The zero-order valence-corrected chi connectivity index (χ0v) is 17.4. The molecule has 0 fully saturated rings. The molecule has 1 heterocycles. The van der Waals surface area contributed by atoms with Crippen molar-refractivity contribution < 1.29 is 9.26 Å². The van der Waals surface area contributed by atoms with Gasteiger partial charge in [-0.15, -0.1) is 24.0 Å². The first-order chi connectivity index (χ1) is 11.6. The molecule has 25 heavy (non-hydrogen) atoms. The van der Waals surface area contributed by atoms with E-state index in [0.29, 0.717) is 37.4 Å². The second-order valence-electron chi connectivity index (χ2n) is 5.41. The standard InChI is InChI=1S/C17H25N5O2.HI/c1-5-23-13(3)16-21-15(24-22-16)11-20-17(18-4)19-10-14-8-6-7-12(2)9-14;/h6-9,13H,5,10-11H2,1-4H3,(H2,18,19,20);1H. The van der Waals surface area contributed by atoms with Gasteiger partial charge in [0.15, 0.2) is 11.8 Å². The second kappa shape index (κ2) is 11.0. The monoisotopic (exact) mass is 459 g/mol. The molecule has 1 unspecified atom stereocenters. The van der Waals surface area contributed by atoms with Crippen LogP contribution in [0.1, 0.15) is 42.8 Å². The Hall–Kier alpha value is -1.68. The van der Waals surface area contributed by atoms with Gasteiger partial charge >= 0.3 is 0 Å². The van der Waals surface area contributed by atoms with Crippen LogP contribution in [0.5, 0.6) is 0 Å². The SMILES string of the molecule is CCOC(C)c1noc(CNC(=NC)NCc2cccc(C)c2)n1.I. The number of hydrogen-bond acceptors (Lipinski definition) is 5. The van der Waals surface area contributed by atoms with E-state index in [1.165, 1.54) is 11.1 Å². The molecule has 2 aromatic rings. The first-order valence-electron chi connectivity index (χ1n) is 8.06. The first kappa shape index (κ1) is 21.4. The third kappa shape index (κ3) is 6.99. The van der Waals surface area contributed by atoms with Crippen LogP contribution in [0.3, 0.4) is 0 Å². The van der Waals surface area contributed by atoms with Gasteiger partial charge in [-0.05, 0) is 26.3 Å². The number of hydrogen-bond donors (Lipinski definition) is 2. The summed E-state index contributed by atoms with van der Waals surface area (Å²) in [6.07, 6.45) is -0.175. The summed E-state index contributed by atoms with van der Waals surface area (Å²) in [5.41, 5.74) is 2.43. The molecule has 7 nitrogen and oxygen atoms in total. The van der Waals surface area contributed by atoms with E-state index in [-0.39, 0.29) is 30.1 Å². The third-order valence-corrected chi connectivity index (χ3v) is 3.44. The molecule has 2 rings (SSSR count). The average Bonchev–Trinajstić information content (AvgIpc) is 3.04. The topological polar surface area (TPSA) is 84.6 Å². The molecule has 2 N–H and O–H groups in total. The van der Waals surface area contributed by atoms with Crippen molar-refractivity contribution in [1.82, 2.24) is 20.8 Å². The molecular formula is C17H26IN5O2. The van der Waals surface area contributed by atoms with E-state index in [9.17, 15) is 0 Å². The summed E-state index contributed by atoms with van der Waals surface area (Å²) in [6.45, 7) is 7.61. The van der Waals surface area contributed by atoms with Crippen LogP contribution in [-0.4, -0.2) is 29.8 Å². The molecule has 0 aliphatic heterocycles. The van der Waals surface area contributed by atoms with Crippen molar-refractivity contribution in [2.24, 2.45) is 4.99 Å². The van der Waals surface area contributed by atoms with E-state index in [2.05, 4.69) is 50.9 Å². The number of aliphatic imine (C=N–C) groups is 1. The van der Waals surface area contributed by atoms with Gasteiger partial charge in [0.2, 0.25) is 5.89 Å². The van der Waals surface area contributed by atoms with Gasteiger partial charge in [0.1, 0.15) is 6.10 Å². The predicted octanol–water partition coefficient (Wildman–Crippen LogP) is 2.96. The number of aromatic nitrogens is 2. The lowest BCUT2D eigenvalue weighted by Gasteiger charge is -2.10. The number of halogens is 1. The highest BCUT2D eigenvalue weighted by Gasteiger charge is 2.13. The van der Waals surface area contributed by atoms with Crippen LogP contribution in [0.15, 0.2) is 33.8 Å². The maximum Gasteiger partial charge on any atom is 0.246 e. The molecule has 0 aliphatic carbocycles. The third-order valence-electron chi connectivity index (χ3n) is 3.44. The van der Waals surface area contributed by atoms with Gasteiger partial charge in [0, 0.05) is 20.2 Å². The number of benzene rings is 1. The molecule has 0 spiro atoms. The minimum atomic E-state index is -0.175. The van der Waals surface area contributed by atoms with E-state index in [4.69, 9.17) is 9.26 Å². The fourth-order valence-electron chi connectivity index (χ4n) is 2.22. The highest BCUT2D eigenvalue weighted by Crippen LogP contribution is 2.12. The maximum atomic E-state index is 5.44. The van der Waals surface area contributed by atoms with Crippen molar-refractivity contribution in [3.05, 3.63) is 47.1 Å². The number of nitrogens with one attached hydrogen (secondary N) is 2. The van der Waals surface area contributed by atoms with Gasteiger partial charge in [-0.2, -0.15) is 4.98 Å². The predicted molar refractivity (Wildman–Crippen MR) is 108 cm³/mol. The van der Waals surface area contributed by atoms with Gasteiger partial charge in [0.05, 0.1) is 6.54 Å². The van der Waals surface area contributed by atoms with Crippen molar-refractivity contribution in [2.75, 3.05) is 13.7 Å². The molecule has 0 bridgehead atoms. The minimum absolute atomic E-state index is 0. The summed E-state index contributed by atoms with van der Waals surface area (Å²) < 4.78 is 10.7. The summed E-state index contributed by atoms with van der Waals surface area (Å²) in [5, 5.41) is 10.3. The molecule has 0 amide bonds. The fraction of sp³-hybridized carbons (Fsp3) is 0.471. The molecule has 0 saturated heterocycles. The molecule has 0 saturated carbocycles. The zero-order valence-electron chi connectivity index (χ0n) is 15.1. The Morgan fingerprint density at radius 3 is 2.76 bits per heavy atom. The molecule has 1 atom stereocenters. The number of aryl methyl sites for hydroxylation is 1. The maximum absolute atomic E-state index is 5.44. The van der Waals surface area contributed by atoms with Crippen molar-refractivity contribution in [1.29, 1.82) is 0 Å². The summed E-state index contributed by atoms with van der Waals surface area (Å²) in [4.78, 5) is 8.51. The Balaban J connectivity index is 0.00000312. The lowest BCUT2D eigenvalue weighted by molar-refractivity contribution is 0.0683. The minimum Gasteiger partial charge on any atom is -0.371 e. The quantitative estimate of drug-likeness (QED) is 0.376. The van der Waals surface area contributed by atoms with E-state index in [1.54, 1.807) is 7.05 Å². The van der Waals surface area contributed by atoms with Crippen molar-refractivity contribution in [3.8, 4) is 0 Å². The molecule has 0 aliphatic rings. The number of rotatable bonds is 7. The summed E-state index contributed by atoms with van der Waals surface area (Å²) in [6, 6.07) is 8.33. The van der Waals surface area contributed by atoms with Crippen LogP contribution in [-0.2, 0) is 17.8 Å². The van der Waals surface area contributed by atoms with E-state index < -0.39 is 0 Å². The molecular weight excluding hydrogens is 433 g/mol. The average molecular weight is 459 g/mol. The summed E-state index contributed by atoms with van der Waals surface area (Å²) in [7, 11) is 1.72. The van der Waals surface area contributed by atoms with Crippen molar-refractivity contribution in [3.63, 3.8) is 0 Å². The van der Waals surface area contributed by atoms with Crippen LogP contribution in [0.25, 0.3) is 0 Å². The number of ether oxygens (including phenoxy) is 1. The molecule has 0 radical (unpaired) electrons. The molecule has 138 valence electrons. The van der Waals surface area contributed by atoms with Crippen molar-refractivity contribution >= 4 is 29.9 Å². The van der Waals surface area contributed by atoms with Gasteiger partial charge < -0.3 is 19.9 Å². The molecule has 1 aromatic heterocycles. The second-order valence-corrected chi connectivity index (χ2v) is 5.41. The number of guanidine groups is 1. The van der Waals surface area contributed by atoms with Crippen LogP contribution >= 0.6 is 24.0 Å². The van der Waals surface area contributed by atoms with Crippen LogP contribution < -0.4 is 10.6 Å². The van der Waals surface area contributed by atoms with Crippen LogP contribution in [0.2, 0.25) is 0 Å². The van der Waals surface area contributed by atoms with E-state index in [0.717, 1.165) is 0 Å². The van der Waals surface area contributed by atoms with Crippen LogP contribution in [0.4, 0.5) is 0 Å². The highest BCUT2D eigenvalue weighted by molar-refractivity contribution is 14.0. The summed E-state index contributed by atoms with van der Waals surface area (Å²) in [5.74, 6) is 1.72. The van der Waals surface area contributed by atoms with Crippen molar-refractivity contribution in [2.45, 2.75) is 40.0 Å². The lowest BCUT2D eigenvalue weighted by atomic mass is 10.1. The molecule has 8 heteroatoms. The van der Waals surface area contributed by atoms with Gasteiger partial charge in [-0.25, -0.2) is 0 Å². The first-order valence-corrected chi connectivity index (χ1v) is 8.06.